The Labute approximate surface area is 82.2 Å². The number of pyridine rings is 1. The number of nitrogens with zero attached hydrogens (tertiary/aromatic N) is 3. The number of hydrogen-bond donors (Lipinski definition) is 1. The summed E-state index contributed by atoms with van der Waals surface area (Å²) in [4.78, 5) is 8.66. The van der Waals surface area contributed by atoms with Crippen molar-refractivity contribution >= 4 is 11.2 Å². The lowest BCUT2D eigenvalue weighted by Gasteiger charge is -2.03. The Kier molecular flexibility index (Phi) is 2.45. The van der Waals surface area contributed by atoms with Gasteiger partial charge in [-0.25, -0.2) is 9.97 Å². The quantitative estimate of drug-likeness (QED) is 0.791. The van der Waals surface area contributed by atoms with Gasteiger partial charge in [-0.2, -0.15) is 0 Å². The van der Waals surface area contributed by atoms with Gasteiger partial charge in [0, 0.05) is 19.3 Å². The third kappa shape index (κ3) is 1.48. The van der Waals surface area contributed by atoms with Gasteiger partial charge in [-0.15, -0.1) is 0 Å². The summed E-state index contributed by atoms with van der Waals surface area (Å²) in [6.45, 7) is 2.93. The highest BCUT2D eigenvalue weighted by Gasteiger charge is 2.06. The monoisotopic (exact) mass is 191 g/mol. The van der Waals surface area contributed by atoms with E-state index < -0.39 is 0 Å². The minimum atomic E-state index is 0.200. The zero-order chi connectivity index (χ0) is 9.97. The Morgan fingerprint density at radius 3 is 3.14 bits per heavy atom. The van der Waals surface area contributed by atoms with E-state index in [0.29, 0.717) is 0 Å². The lowest BCUT2D eigenvalue weighted by atomic mass is 10.4. The molecular formula is C10H13N3O. The van der Waals surface area contributed by atoms with Crippen LogP contribution in [0.5, 0.6) is 0 Å². The molecule has 0 aliphatic rings. The second-order valence-corrected chi connectivity index (χ2v) is 3.23. The van der Waals surface area contributed by atoms with E-state index in [1.807, 2.05) is 23.6 Å². The fourth-order valence-electron chi connectivity index (χ4n) is 1.57. The molecule has 0 fully saturated rings. The molecule has 0 aliphatic heterocycles. The van der Waals surface area contributed by atoms with Gasteiger partial charge in [0.05, 0.1) is 0 Å². The Morgan fingerprint density at radius 2 is 2.36 bits per heavy atom. The topological polar surface area (TPSA) is 50.9 Å². The van der Waals surface area contributed by atoms with Crippen LogP contribution in [0, 0.1) is 6.92 Å². The molecule has 74 valence electrons. The maximum atomic E-state index is 8.77. The number of aromatic nitrogens is 3. The summed E-state index contributed by atoms with van der Waals surface area (Å²) in [5.41, 5.74) is 1.82. The van der Waals surface area contributed by atoms with Crippen molar-refractivity contribution < 1.29 is 5.11 Å². The molecule has 0 aromatic carbocycles. The standard InChI is InChI=1S/C10H13N3O/c1-8-12-9-4-2-5-11-10(9)13(8)6-3-7-14/h2,4-5,14H,3,6-7H2,1H3. The molecule has 0 amide bonds. The molecule has 2 heterocycles. The Balaban J connectivity index is 2.45. The van der Waals surface area contributed by atoms with E-state index in [2.05, 4.69) is 9.97 Å². The summed E-state index contributed by atoms with van der Waals surface area (Å²) in [5, 5.41) is 8.77. The molecule has 0 aliphatic carbocycles. The number of rotatable bonds is 3. The first-order valence-corrected chi connectivity index (χ1v) is 4.71. The van der Waals surface area contributed by atoms with Crippen molar-refractivity contribution in [2.45, 2.75) is 19.9 Å². The summed E-state index contributed by atoms with van der Waals surface area (Å²) in [6.07, 6.45) is 2.50. The second-order valence-electron chi connectivity index (χ2n) is 3.23. The molecule has 0 saturated heterocycles. The van der Waals surface area contributed by atoms with Crippen LogP contribution < -0.4 is 0 Å². The Morgan fingerprint density at radius 1 is 1.50 bits per heavy atom. The fraction of sp³-hybridized carbons (Fsp3) is 0.400. The van der Waals surface area contributed by atoms with Crippen molar-refractivity contribution in [2.75, 3.05) is 6.61 Å². The number of aliphatic hydroxyl groups excluding tert-OH is 1. The molecular weight excluding hydrogens is 178 g/mol. The lowest BCUT2D eigenvalue weighted by molar-refractivity contribution is 0.280. The minimum absolute atomic E-state index is 0.200. The average Bonchev–Trinajstić information content (AvgIpc) is 2.51. The molecule has 2 rings (SSSR count). The molecule has 0 saturated carbocycles. The number of aryl methyl sites for hydroxylation is 2. The highest BCUT2D eigenvalue weighted by molar-refractivity contribution is 5.70. The van der Waals surface area contributed by atoms with Gasteiger partial charge in [0.25, 0.3) is 0 Å². The summed E-state index contributed by atoms with van der Waals surface area (Å²) in [7, 11) is 0. The van der Waals surface area contributed by atoms with Crippen molar-refractivity contribution in [1.29, 1.82) is 0 Å². The molecule has 2 aromatic heterocycles. The van der Waals surface area contributed by atoms with Gasteiger partial charge in [0.2, 0.25) is 0 Å². The van der Waals surface area contributed by atoms with E-state index in [-0.39, 0.29) is 6.61 Å². The first-order chi connectivity index (χ1) is 6.83. The van der Waals surface area contributed by atoms with Crippen LogP contribution in [0.15, 0.2) is 18.3 Å². The predicted octanol–water partition coefficient (Wildman–Crippen LogP) is 1.12. The Hall–Kier alpha value is -1.42. The molecule has 0 bridgehead atoms. The first-order valence-electron chi connectivity index (χ1n) is 4.71. The van der Waals surface area contributed by atoms with Crippen molar-refractivity contribution in [3.05, 3.63) is 24.2 Å². The van der Waals surface area contributed by atoms with Gasteiger partial charge < -0.3 is 9.67 Å². The van der Waals surface area contributed by atoms with Gasteiger partial charge >= 0.3 is 0 Å². The minimum Gasteiger partial charge on any atom is -0.396 e. The number of fused-ring (bicyclic) bond motifs is 1. The normalized spacial score (nSPS) is 11.0. The SMILES string of the molecule is Cc1nc2cccnc2n1CCCO. The van der Waals surface area contributed by atoms with E-state index in [4.69, 9.17) is 5.11 Å². The van der Waals surface area contributed by atoms with Crippen LogP contribution in [0.2, 0.25) is 0 Å². The molecule has 0 spiro atoms. The molecule has 4 nitrogen and oxygen atoms in total. The molecule has 2 aromatic rings. The van der Waals surface area contributed by atoms with Gasteiger partial charge in [0.15, 0.2) is 5.65 Å². The van der Waals surface area contributed by atoms with E-state index in [1.165, 1.54) is 0 Å². The zero-order valence-corrected chi connectivity index (χ0v) is 8.14. The molecule has 14 heavy (non-hydrogen) atoms. The van der Waals surface area contributed by atoms with Crippen LogP contribution in [0.25, 0.3) is 11.2 Å². The van der Waals surface area contributed by atoms with Crippen molar-refractivity contribution in [3.63, 3.8) is 0 Å². The van der Waals surface area contributed by atoms with Crippen LogP contribution in [0.4, 0.5) is 0 Å². The van der Waals surface area contributed by atoms with Crippen LogP contribution >= 0.6 is 0 Å². The third-order valence-electron chi connectivity index (χ3n) is 2.23. The Bertz CT molecular complexity index is 436. The first kappa shape index (κ1) is 9.15. The summed E-state index contributed by atoms with van der Waals surface area (Å²) in [6, 6.07) is 3.83. The molecule has 4 heteroatoms. The maximum Gasteiger partial charge on any atom is 0.159 e. The predicted molar refractivity (Wildman–Crippen MR) is 54.0 cm³/mol. The van der Waals surface area contributed by atoms with E-state index in [0.717, 1.165) is 30.0 Å². The second kappa shape index (κ2) is 3.75. The van der Waals surface area contributed by atoms with Gasteiger partial charge in [-0.05, 0) is 25.5 Å². The third-order valence-corrected chi connectivity index (χ3v) is 2.23. The van der Waals surface area contributed by atoms with Crippen LogP contribution in [0.3, 0.4) is 0 Å². The average molecular weight is 191 g/mol. The maximum absolute atomic E-state index is 8.77. The highest BCUT2D eigenvalue weighted by atomic mass is 16.3. The van der Waals surface area contributed by atoms with Crippen LogP contribution in [-0.2, 0) is 6.54 Å². The number of imidazole rings is 1. The zero-order valence-electron chi connectivity index (χ0n) is 8.14. The molecule has 0 atom stereocenters. The summed E-state index contributed by atoms with van der Waals surface area (Å²) >= 11 is 0. The van der Waals surface area contributed by atoms with Crippen molar-refractivity contribution in [2.24, 2.45) is 0 Å². The molecule has 0 radical (unpaired) electrons. The smallest absolute Gasteiger partial charge is 0.159 e. The summed E-state index contributed by atoms with van der Waals surface area (Å²) in [5.74, 6) is 0.951. The van der Waals surface area contributed by atoms with Crippen molar-refractivity contribution in [3.8, 4) is 0 Å². The fourth-order valence-corrected chi connectivity index (χ4v) is 1.57. The summed E-state index contributed by atoms with van der Waals surface area (Å²) < 4.78 is 2.03. The molecule has 0 unspecified atom stereocenters. The highest BCUT2D eigenvalue weighted by Crippen LogP contribution is 2.12. The van der Waals surface area contributed by atoms with Gasteiger partial charge in [0.1, 0.15) is 11.3 Å². The van der Waals surface area contributed by atoms with Crippen LogP contribution in [-0.4, -0.2) is 26.2 Å². The van der Waals surface area contributed by atoms with E-state index >= 15 is 0 Å². The van der Waals surface area contributed by atoms with E-state index in [1.54, 1.807) is 6.20 Å². The number of aliphatic hydroxyl groups is 1. The number of hydrogen-bond acceptors (Lipinski definition) is 3. The van der Waals surface area contributed by atoms with Crippen molar-refractivity contribution in [1.82, 2.24) is 14.5 Å². The van der Waals surface area contributed by atoms with Gasteiger partial charge in [-0.1, -0.05) is 0 Å². The lowest BCUT2D eigenvalue weighted by Crippen LogP contribution is -2.02. The van der Waals surface area contributed by atoms with Crippen LogP contribution in [0.1, 0.15) is 12.2 Å². The van der Waals surface area contributed by atoms with E-state index in [9.17, 15) is 0 Å². The molecule has 1 N–H and O–H groups in total. The largest absolute Gasteiger partial charge is 0.396 e. The van der Waals surface area contributed by atoms with Gasteiger partial charge in [-0.3, -0.25) is 0 Å².